The van der Waals surface area contributed by atoms with Gasteiger partial charge in [-0.05, 0) is 32.9 Å². The molecule has 0 aliphatic carbocycles. The number of carbonyl (C=O) groups excluding carboxylic acids is 1. The molecule has 2 N–H and O–H groups in total. The third-order valence-electron chi connectivity index (χ3n) is 2.77. The molecule has 0 radical (unpaired) electrons. The SMILES string of the molecule is Cc1ccc(NC(=O)[C@@H]2CSC(C)(C)N2)cc1. The normalized spacial score (nSPS) is 22.4. The van der Waals surface area contributed by atoms with Crippen LogP contribution in [0, 0.1) is 6.92 Å². The Hall–Kier alpha value is -1.00. The Morgan fingerprint density at radius 2 is 2.06 bits per heavy atom. The Morgan fingerprint density at radius 1 is 1.41 bits per heavy atom. The largest absolute Gasteiger partial charge is 0.325 e. The van der Waals surface area contributed by atoms with Crippen molar-refractivity contribution < 1.29 is 4.79 Å². The quantitative estimate of drug-likeness (QED) is 0.846. The molecule has 1 aromatic carbocycles. The molecule has 3 nitrogen and oxygen atoms in total. The lowest BCUT2D eigenvalue weighted by atomic mass is 10.2. The van der Waals surface area contributed by atoms with Crippen LogP contribution in [0.25, 0.3) is 0 Å². The van der Waals surface area contributed by atoms with Crippen LogP contribution in [0.4, 0.5) is 5.69 Å². The number of thioether (sulfide) groups is 1. The zero-order valence-electron chi connectivity index (χ0n) is 10.4. The maximum atomic E-state index is 12.0. The first-order valence-electron chi connectivity index (χ1n) is 5.75. The van der Waals surface area contributed by atoms with E-state index in [1.807, 2.05) is 31.2 Å². The summed E-state index contributed by atoms with van der Waals surface area (Å²) >= 11 is 1.78. The first-order chi connectivity index (χ1) is 7.96. The van der Waals surface area contributed by atoms with Gasteiger partial charge in [-0.15, -0.1) is 11.8 Å². The van der Waals surface area contributed by atoms with Crippen LogP contribution in [0.5, 0.6) is 0 Å². The highest BCUT2D eigenvalue weighted by atomic mass is 32.2. The van der Waals surface area contributed by atoms with Crippen LogP contribution in [0.15, 0.2) is 24.3 Å². The van der Waals surface area contributed by atoms with Crippen LogP contribution in [-0.2, 0) is 4.79 Å². The lowest BCUT2D eigenvalue weighted by molar-refractivity contribution is -0.117. The maximum absolute atomic E-state index is 12.0. The van der Waals surface area contributed by atoms with Crippen molar-refractivity contribution in [2.75, 3.05) is 11.1 Å². The molecule has 1 aromatic rings. The minimum atomic E-state index is -0.101. The lowest BCUT2D eigenvalue weighted by Gasteiger charge is -2.18. The average Bonchev–Trinajstić information content (AvgIpc) is 2.62. The Balaban J connectivity index is 1.96. The van der Waals surface area contributed by atoms with E-state index in [1.54, 1.807) is 11.8 Å². The molecule has 0 aromatic heterocycles. The van der Waals surface area contributed by atoms with Crippen LogP contribution < -0.4 is 10.6 Å². The number of hydrogen-bond donors (Lipinski definition) is 2. The van der Waals surface area contributed by atoms with Gasteiger partial charge in [0.05, 0.1) is 10.9 Å². The first kappa shape index (κ1) is 12.5. The molecule has 0 unspecified atom stereocenters. The number of anilines is 1. The molecular weight excluding hydrogens is 232 g/mol. The lowest BCUT2D eigenvalue weighted by Crippen LogP contribution is -2.43. The molecule has 1 amide bonds. The molecule has 1 heterocycles. The Labute approximate surface area is 106 Å². The number of hydrogen-bond acceptors (Lipinski definition) is 3. The number of benzene rings is 1. The van der Waals surface area contributed by atoms with Gasteiger partial charge in [0.1, 0.15) is 0 Å². The number of nitrogens with one attached hydrogen (secondary N) is 2. The molecule has 1 aliphatic heterocycles. The van der Waals surface area contributed by atoms with Gasteiger partial charge in [-0.1, -0.05) is 17.7 Å². The standard InChI is InChI=1S/C13H18N2OS/c1-9-4-6-10(7-5-9)14-12(16)11-8-17-13(2,3)15-11/h4-7,11,15H,8H2,1-3H3,(H,14,16)/t11-/m0/s1. The summed E-state index contributed by atoms with van der Waals surface area (Å²) in [6.07, 6.45) is 0. The van der Waals surface area contributed by atoms with Gasteiger partial charge in [0, 0.05) is 11.4 Å². The first-order valence-corrected chi connectivity index (χ1v) is 6.74. The van der Waals surface area contributed by atoms with Crippen LogP contribution in [-0.4, -0.2) is 22.6 Å². The van der Waals surface area contributed by atoms with Gasteiger partial charge in [0.2, 0.25) is 5.91 Å². The predicted octanol–water partition coefficient (Wildman–Crippen LogP) is 2.37. The average molecular weight is 250 g/mol. The van der Waals surface area contributed by atoms with Crippen LogP contribution in [0.2, 0.25) is 0 Å². The third kappa shape index (κ3) is 3.23. The Bertz CT molecular complexity index is 414. The number of aryl methyl sites for hydroxylation is 1. The third-order valence-corrected chi connectivity index (χ3v) is 4.11. The van der Waals surface area contributed by atoms with E-state index in [1.165, 1.54) is 5.56 Å². The van der Waals surface area contributed by atoms with Crippen molar-refractivity contribution in [3.63, 3.8) is 0 Å². The van der Waals surface area contributed by atoms with Gasteiger partial charge < -0.3 is 5.32 Å². The topological polar surface area (TPSA) is 41.1 Å². The van der Waals surface area contributed by atoms with E-state index in [-0.39, 0.29) is 16.8 Å². The highest BCUT2D eigenvalue weighted by Gasteiger charge is 2.34. The summed E-state index contributed by atoms with van der Waals surface area (Å²) in [5.41, 5.74) is 2.05. The zero-order chi connectivity index (χ0) is 12.5. The molecule has 0 spiro atoms. The van der Waals surface area contributed by atoms with Gasteiger partial charge in [0.25, 0.3) is 0 Å². The highest BCUT2D eigenvalue weighted by molar-refractivity contribution is 8.00. The summed E-state index contributed by atoms with van der Waals surface area (Å²) in [7, 11) is 0. The second-order valence-electron chi connectivity index (χ2n) is 4.87. The second-order valence-corrected chi connectivity index (χ2v) is 6.52. The summed E-state index contributed by atoms with van der Waals surface area (Å²) in [4.78, 5) is 12.0. The number of carbonyl (C=O) groups is 1. The van der Waals surface area contributed by atoms with Gasteiger partial charge in [-0.3, -0.25) is 10.1 Å². The molecule has 17 heavy (non-hydrogen) atoms. The molecule has 1 aliphatic rings. The van der Waals surface area contributed by atoms with Gasteiger partial charge >= 0.3 is 0 Å². The maximum Gasteiger partial charge on any atom is 0.242 e. The predicted molar refractivity (Wildman–Crippen MR) is 73.3 cm³/mol. The van der Waals surface area contributed by atoms with E-state index in [0.29, 0.717) is 0 Å². The fraction of sp³-hybridized carbons (Fsp3) is 0.462. The van der Waals surface area contributed by atoms with E-state index in [9.17, 15) is 4.79 Å². The van der Waals surface area contributed by atoms with Gasteiger partial charge in [-0.2, -0.15) is 0 Å². The van der Waals surface area contributed by atoms with Crippen molar-refractivity contribution in [1.29, 1.82) is 0 Å². The molecular formula is C13H18N2OS. The van der Waals surface area contributed by atoms with Crippen molar-refractivity contribution in [3.8, 4) is 0 Å². The summed E-state index contributed by atoms with van der Waals surface area (Å²) in [6.45, 7) is 6.22. The molecule has 2 rings (SSSR count). The molecule has 1 atom stereocenters. The number of rotatable bonds is 2. The molecule has 0 saturated carbocycles. The van der Waals surface area contributed by atoms with Crippen molar-refractivity contribution >= 4 is 23.4 Å². The van der Waals surface area contributed by atoms with E-state index < -0.39 is 0 Å². The van der Waals surface area contributed by atoms with Crippen molar-refractivity contribution in [2.45, 2.75) is 31.7 Å². The van der Waals surface area contributed by atoms with Crippen molar-refractivity contribution in [3.05, 3.63) is 29.8 Å². The minimum Gasteiger partial charge on any atom is -0.325 e. The summed E-state index contributed by atoms with van der Waals surface area (Å²) in [6, 6.07) is 7.75. The van der Waals surface area contributed by atoms with Crippen LogP contribution in [0.3, 0.4) is 0 Å². The van der Waals surface area contributed by atoms with Gasteiger partial charge in [-0.25, -0.2) is 0 Å². The summed E-state index contributed by atoms with van der Waals surface area (Å²) in [5.74, 6) is 0.872. The van der Waals surface area contributed by atoms with E-state index in [4.69, 9.17) is 0 Å². The minimum absolute atomic E-state index is 0.00468. The smallest absolute Gasteiger partial charge is 0.242 e. The second kappa shape index (κ2) is 4.70. The van der Waals surface area contributed by atoms with E-state index >= 15 is 0 Å². The Kier molecular flexibility index (Phi) is 3.45. The fourth-order valence-electron chi connectivity index (χ4n) is 1.80. The molecule has 0 bridgehead atoms. The molecule has 1 fully saturated rings. The zero-order valence-corrected chi connectivity index (χ0v) is 11.2. The van der Waals surface area contributed by atoms with Crippen molar-refractivity contribution in [2.24, 2.45) is 0 Å². The van der Waals surface area contributed by atoms with Crippen molar-refractivity contribution in [1.82, 2.24) is 5.32 Å². The fourth-order valence-corrected chi connectivity index (χ4v) is 2.85. The molecule has 92 valence electrons. The molecule has 4 heteroatoms. The van der Waals surface area contributed by atoms with Gasteiger partial charge in [0.15, 0.2) is 0 Å². The summed E-state index contributed by atoms with van der Waals surface area (Å²) < 4.78 is 0. The highest BCUT2D eigenvalue weighted by Crippen LogP contribution is 2.29. The number of amides is 1. The van der Waals surface area contributed by atoms with Crippen LogP contribution in [0.1, 0.15) is 19.4 Å². The Morgan fingerprint density at radius 3 is 2.59 bits per heavy atom. The van der Waals surface area contributed by atoms with Crippen LogP contribution >= 0.6 is 11.8 Å². The van der Waals surface area contributed by atoms with E-state index in [0.717, 1.165) is 11.4 Å². The molecule has 1 saturated heterocycles. The van der Waals surface area contributed by atoms with E-state index in [2.05, 4.69) is 24.5 Å². The summed E-state index contributed by atoms with van der Waals surface area (Å²) in [5, 5.41) is 6.25. The monoisotopic (exact) mass is 250 g/mol.